The molecule has 6 heteroatoms. The molecule has 3 rings (SSSR count). The Balaban J connectivity index is 1.56. The SMILES string of the molecule is O=C(NC1CC1)C1CCN(C(=O)c2ccc(Cl)c(Cl)c2)CC1. The summed E-state index contributed by atoms with van der Waals surface area (Å²) in [7, 11) is 0. The number of carbonyl (C=O) groups is 2. The van der Waals surface area contributed by atoms with E-state index in [2.05, 4.69) is 5.32 Å². The lowest BCUT2D eigenvalue weighted by Gasteiger charge is -2.31. The first-order valence-electron chi connectivity index (χ1n) is 7.59. The molecule has 2 fully saturated rings. The molecule has 0 radical (unpaired) electrons. The van der Waals surface area contributed by atoms with Gasteiger partial charge in [-0.25, -0.2) is 0 Å². The van der Waals surface area contributed by atoms with E-state index in [9.17, 15) is 9.59 Å². The van der Waals surface area contributed by atoms with Gasteiger partial charge in [0.25, 0.3) is 5.91 Å². The lowest BCUT2D eigenvalue weighted by Crippen LogP contribution is -2.43. The van der Waals surface area contributed by atoms with Crippen LogP contribution in [0.5, 0.6) is 0 Å². The number of rotatable bonds is 3. The minimum Gasteiger partial charge on any atom is -0.353 e. The van der Waals surface area contributed by atoms with Crippen molar-refractivity contribution in [1.82, 2.24) is 10.2 Å². The van der Waals surface area contributed by atoms with Crippen LogP contribution in [0.2, 0.25) is 10.0 Å². The third kappa shape index (κ3) is 3.55. The van der Waals surface area contributed by atoms with E-state index in [1.165, 1.54) is 0 Å². The van der Waals surface area contributed by atoms with Crippen LogP contribution in [0, 0.1) is 5.92 Å². The van der Waals surface area contributed by atoms with Gasteiger partial charge in [0.15, 0.2) is 0 Å². The number of carbonyl (C=O) groups excluding carboxylic acids is 2. The molecule has 1 saturated heterocycles. The number of nitrogens with one attached hydrogen (secondary N) is 1. The summed E-state index contributed by atoms with van der Waals surface area (Å²) in [6.07, 6.45) is 3.62. The Morgan fingerprint density at radius 1 is 1.05 bits per heavy atom. The monoisotopic (exact) mass is 340 g/mol. The van der Waals surface area contributed by atoms with Crippen molar-refractivity contribution in [1.29, 1.82) is 0 Å². The van der Waals surface area contributed by atoms with E-state index in [-0.39, 0.29) is 17.7 Å². The maximum absolute atomic E-state index is 12.5. The standard InChI is InChI=1S/C16H18Cl2N2O2/c17-13-4-1-11(9-14(13)18)16(22)20-7-5-10(6-8-20)15(21)19-12-2-3-12/h1,4,9-10,12H,2-3,5-8H2,(H,19,21). The van der Waals surface area contributed by atoms with Crippen LogP contribution < -0.4 is 5.32 Å². The Morgan fingerprint density at radius 3 is 2.32 bits per heavy atom. The molecule has 0 spiro atoms. The molecule has 1 aromatic carbocycles. The molecular weight excluding hydrogens is 323 g/mol. The van der Waals surface area contributed by atoms with Gasteiger partial charge in [0, 0.05) is 30.6 Å². The van der Waals surface area contributed by atoms with Crippen molar-refractivity contribution < 1.29 is 9.59 Å². The van der Waals surface area contributed by atoms with Crippen molar-refractivity contribution in [2.24, 2.45) is 5.92 Å². The Bertz CT molecular complexity index is 594. The topological polar surface area (TPSA) is 49.4 Å². The lowest BCUT2D eigenvalue weighted by atomic mass is 9.95. The normalized spacial score (nSPS) is 19.1. The molecule has 22 heavy (non-hydrogen) atoms. The van der Waals surface area contributed by atoms with Gasteiger partial charge in [0.05, 0.1) is 10.0 Å². The van der Waals surface area contributed by atoms with Crippen LogP contribution in [0.4, 0.5) is 0 Å². The zero-order valence-corrected chi connectivity index (χ0v) is 13.7. The Kier molecular flexibility index (Phi) is 4.59. The summed E-state index contributed by atoms with van der Waals surface area (Å²) >= 11 is 11.8. The van der Waals surface area contributed by atoms with Crippen molar-refractivity contribution >= 4 is 35.0 Å². The molecule has 1 aliphatic carbocycles. The van der Waals surface area contributed by atoms with E-state index < -0.39 is 0 Å². The maximum atomic E-state index is 12.5. The highest BCUT2D eigenvalue weighted by atomic mass is 35.5. The summed E-state index contributed by atoms with van der Waals surface area (Å²) in [5.74, 6) is 0.113. The van der Waals surface area contributed by atoms with E-state index in [0.717, 1.165) is 12.8 Å². The van der Waals surface area contributed by atoms with Crippen molar-refractivity contribution in [3.8, 4) is 0 Å². The summed E-state index contributed by atoms with van der Waals surface area (Å²) in [4.78, 5) is 26.3. The minimum atomic E-state index is -0.0559. The largest absolute Gasteiger partial charge is 0.353 e. The minimum absolute atomic E-state index is 0.0263. The van der Waals surface area contributed by atoms with Gasteiger partial charge in [-0.2, -0.15) is 0 Å². The number of piperidine rings is 1. The molecule has 2 aliphatic rings. The third-order valence-electron chi connectivity index (χ3n) is 4.24. The lowest BCUT2D eigenvalue weighted by molar-refractivity contribution is -0.126. The summed E-state index contributed by atoms with van der Waals surface area (Å²) in [5.41, 5.74) is 0.537. The highest BCUT2D eigenvalue weighted by molar-refractivity contribution is 6.42. The fourth-order valence-corrected chi connectivity index (χ4v) is 3.00. The smallest absolute Gasteiger partial charge is 0.253 e. The van der Waals surface area contributed by atoms with Gasteiger partial charge in [-0.15, -0.1) is 0 Å². The van der Waals surface area contributed by atoms with Crippen LogP contribution in [-0.2, 0) is 4.79 Å². The third-order valence-corrected chi connectivity index (χ3v) is 4.98. The number of benzene rings is 1. The van der Waals surface area contributed by atoms with Crippen LogP contribution >= 0.6 is 23.2 Å². The highest BCUT2D eigenvalue weighted by Crippen LogP contribution is 2.26. The molecule has 1 aliphatic heterocycles. The van der Waals surface area contributed by atoms with Gasteiger partial charge in [0.1, 0.15) is 0 Å². The van der Waals surface area contributed by atoms with Crippen LogP contribution in [0.25, 0.3) is 0 Å². The number of likely N-dealkylation sites (tertiary alicyclic amines) is 1. The van der Waals surface area contributed by atoms with E-state index in [1.54, 1.807) is 23.1 Å². The number of halogens is 2. The average molecular weight is 341 g/mol. The van der Waals surface area contributed by atoms with Gasteiger partial charge < -0.3 is 10.2 Å². The summed E-state index contributed by atoms with van der Waals surface area (Å²) < 4.78 is 0. The van der Waals surface area contributed by atoms with Crippen molar-refractivity contribution in [2.45, 2.75) is 31.7 Å². The maximum Gasteiger partial charge on any atom is 0.253 e. The van der Waals surface area contributed by atoms with Gasteiger partial charge in [-0.3, -0.25) is 9.59 Å². The Morgan fingerprint density at radius 2 is 1.73 bits per heavy atom. The van der Waals surface area contributed by atoms with Crippen LogP contribution in [0.15, 0.2) is 18.2 Å². The molecule has 118 valence electrons. The molecule has 0 unspecified atom stereocenters. The zero-order valence-electron chi connectivity index (χ0n) is 12.1. The van der Waals surface area contributed by atoms with Crippen molar-refractivity contribution in [3.05, 3.63) is 33.8 Å². The van der Waals surface area contributed by atoms with Crippen LogP contribution in [0.3, 0.4) is 0 Å². The molecule has 1 aromatic rings. The average Bonchev–Trinajstić information content (AvgIpc) is 3.33. The van der Waals surface area contributed by atoms with Crippen molar-refractivity contribution in [3.63, 3.8) is 0 Å². The Labute approximate surface area is 139 Å². The molecule has 2 amide bonds. The van der Waals surface area contributed by atoms with E-state index in [4.69, 9.17) is 23.2 Å². The second-order valence-electron chi connectivity index (χ2n) is 5.98. The molecular formula is C16H18Cl2N2O2. The summed E-state index contributed by atoms with van der Waals surface area (Å²) in [6.45, 7) is 1.20. The second-order valence-corrected chi connectivity index (χ2v) is 6.79. The first kappa shape index (κ1) is 15.6. The van der Waals surface area contributed by atoms with E-state index >= 15 is 0 Å². The van der Waals surface area contributed by atoms with Crippen LogP contribution in [-0.4, -0.2) is 35.8 Å². The molecule has 0 aromatic heterocycles. The number of nitrogens with zero attached hydrogens (tertiary/aromatic N) is 1. The first-order chi connectivity index (χ1) is 10.5. The van der Waals surface area contributed by atoms with Crippen LogP contribution in [0.1, 0.15) is 36.0 Å². The number of amides is 2. The molecule has 1 N–H and O–H groups in total. The predicted octanol–water partition coefficient (Wildman–Crippen LogP) is 3.12. The fraction of sp³-hybridized carbons (Fsp3) is 0.500. The molecule has 4 nitrogen and oxygen atoms in total. The van der Waals surface area contributed by atoms with Gasteiger partial charge >= 0.3 is 0 Å². The van der Waals surface area contributed by atoms with E-state index in [1.807, 2.05) is 0 Å². The highest BCUT2D eigenvalue weighted by Gasteiger charge is 2.31. The quantitative estimate of drug-likeness (QED) is 0.918. The molecule has 1 saturated carbocycles. The molecule has 0 atom stereocenters. The number of hydrogen-bond donors (Lipinski definition) is 1. The zero-order chi connectivity index (χ0) is 15.7. The fourth-order valence-electron chi connectivity index (χ4n) is 2.70. The van der Waals surface area contributed by atoms with Crippen molar-refractivity contribution in [2.75, 3.05) is 13.1 Å². The number of hydrogen-bond acceptors (Lipinski definition) is 2. The molecule has 0 bridgehead atoms. The first-order valence-corrected chi connectivity index (χ1v) is 8.35. The predicted molar refractivity (Wildman–Crippen MR) is 86.3 cm³/mol. The van der Waals surface area contributed by atoms with Gasteiger partial charge in [-0.1, -0.05) is 23.2 Å². The second kappa shape index (κ2) is 6.47. The summed E-state index contributed by atoms with van der Waals surface area (Å²) in [6, 6.07) is 5.30. The van der Waals surface area contributed by atoms with Gasteiger partial charge in [-0.05, 0) is 43.9 Å². The van der Waals surface area contributed by atoms with Gasteiger partial charge in [0.2, 0.25) is 5.91 Å². The molecule has 1 heterocycles. The summed E-state index contributed by atoms with van der Waals surface area (Å²) in [5, 5.41) is 3.86. The Hall–Kier alpha value is -1.26. The van der Waals surface area contributed by atoms with E-state index in [0.29, 0.717) is 47.6 Å².